The van der Waals surface area contributed by atoms with Crippen molar-refractivity contribution in [3.8, 4) is 0 Å². The summed E-state index contributed by atoms with van der Waals surface area (Å²) in [6.45, 7) is 6.34. The van der Waals surface area contributed by atoms with Gasteiger partial charge in [-0.15, -0.1) is 0 Å². The second-order valence-electron chi connectivity index (χ2n) is 5.27. The number of carbonyl (C=O) groups is 1. The van der Waals surface area contributed by atoms with Crippen LogP contribution < -0.4 is 10.6 Å². The molecule has 0 radical (unpaired) electrons. The minimum atomic E-state index is 0.00635. The summed E-state index contributed by atoms with van der Waals surface area (Å²) >= 11 is 0. The molecule has 106 valence electrons. The Labute approximate surface area is 116 Å². The van der Waals surface area contributed by atoms with E-state index in [0.29, 0.717) is 12.5 Å². The molecule has 2 N–H and O–H groups in total. The van der Waals surface area contributed by atoms with Crippen molar-refractivity contribution in [3.63, 3.8) is 0 Å². The molecule has 0 saturated carbocycles. The molecule has 1 rings (SSSR count). The molecule has 0 aliphatic carbocycles. The highest BCUT2D eigenvalue weighted by Gasteiger charge is 2.08. The van der Waals surface area contributed by atoms with Gasteiger partial charge in [0.1, 0.15) is 0 Å². The Hall–Kier alpha value is -1.39. The first kappa shape index (κ1) is 15.7. The van der Waals surface area contributed by atoms with Gasteiger partial charge in [0.15, 0.2) is 0 Å². The maximum absolute atomic E-state index is 11.8. The Morgan fingerprint density at radius 3 is 2.58 bits per heavy atom. The summed E-state index contributed by atoms with van der Waals surface area (Å²) in [5.41, 5.74) is 2.08. The zero-order valence-corrected chi connectivity index (χ0v) is 12.4. The van der Waals surface area contributed by atoms with E-state index in [1.54, 1.807) is 0 Å². The molecule has 19 heavy (non-hydrogen) atoms. The fraction of sp³-hybridized carbons (Fsp3) is 0.533. The average molecular weight is 263 g/mol. The predicted octanol–water partition coefficient (Wildman–Crippen LogP) is 1.90. The largest absolute Gasteiger partial charge is 0.325 e. The minimum absolute atomic E-state index is 0.00635. The lowest BCUT2D eigenvalue weighted by Gasteiger charge is -2.14. The van der Waals surface area contributed by atoms with Gasteiger partial charge < -0.3 is 15.5 Å². The molecule has 0 unspecified atom stereocenters. The molecule has 0 atom stereocenters. The topological polar surface area (TPSA) is 44.4 Å². The van der Waals surface area contributed by atoms with E-state index in [9.17, 15) is 4.79 Å². The van der Waals surface area contributed by atoms with Crippen LogP contribution in [0.25, 0.3) is 0 Å². The molecule has 0 aliphatic heterocycles. The SMILES string of the molecule is CC(C)c1ccccc1NC(=O)CNCCN(C)C. The van der Waals surface area contributed by atoms with Crippen molar-refractivity contribution in [2.75, 3.05) is 39.0 Å². The van der Waals surface area contributed by atoms with E-state index in [-0.39, 0.29) is 5.91 Å². The number of amides is 1. The Kier molecular flexibility index (Phi) is 6.53. The zero-order valence-electron chi connectivity index (χ0n) is 12.4. The first-order valence-electron chi connectivity index (χ1n) is 6.75. The summed E-state index contributed by atoms with van der Waals surface area (Å²) in [5.74, 6) is 0.407. The van der Waals surface area contributed by atoms with Crippen LogP contribution in [0.1, 0.15) is 25.3 Å². The lowest BCUT2D eigenvalue weighted by molar-refractivity contribution is -0.115. The molecule has 0 fully saturated rings. The highest BCUT2D eigenvalue weighted by atomic mass is 16.1. The number of likely N-dealkylation sites (N-methyl/N-ethyl adjacent to an activating group) is 1. The van der Waals surface area contributed by atoms with Crippen LogP contribution in [0.3, 0.4) is 0 Å². The smallest absolute Gasteiger partial charge is 0.238 e. The predicted molar refractivity (Wildman–Crippen MR) is 80.6 cm³/mol. The maximum atomic E-state index is 11.8. The highest BCUT2D eigenvalue weighted by Crippen LogP contribution is 2.23. The average Bonchev–Trinajstić information content (AvgIpc) is 2.35. The number of para-hydroxylation sites is 1. The van der Waals surface area contributed by atoms with Crippen LogP contribution in [-0.4, -0.2) is 44.5 Å². The lowest BCUT2D eigenvalue weighted by atomic mass is 10.0. The second kappa shape index (κ2) is 7.92. The monoisotopic (exact) mass is 263 g/mol. The standard InChI is InChI=1S/C15H25N3O/c1-12(2)13-7-5-6-8-14(13)17-15(19)11-16-9-10-18(3)4/h5-8,12,16H,9-11H2,1-4H3,(H,17,19). The van der Waals surface area contributed by atoms with Gasteiger partial charge in [0.25, 0.3) is 0 Å². The molecule has 0 heterocycles. The lowest BCUT2D eigenvalue weighted by Crippen LogP contribution is -2.33. The molecule has 0 spiro atoms. The van der Waals surface area contributed by atoms with Gasteiger partial charge in [0.2, 0.25) is 5.91 Å². The van der Waals surface area contributed by atoms with Gasteiger partial charge in [0, 0.05) is 18.8 Å². The Balaban J connectivity index is 2.44. The fourth-order valence-electron chi connectivity index (χ4n) is 1.81. The Morgan fingerprint density at radius 1 is 1.26 bits per heavy atom. The molecule has 4 heteroatoms. The number of benzene rings is 1. The molecular weight excluding hydrogens is 238 g/mol. The highest BCUT2D eigenvalue weighted by molar-refractivity contribution is 5.93. The molecule has 0 aromatic heterocycles. The normalized spacial score (nSPS) is 11.1. The second-order valence-corrected chi connectivity index (χ2v) is 5.27. The minimum Gasteiger partial charge on any atom is -0.325 e. The number of hydrogen-bond donors (Lipinski definition) is 2. The van der Waals surface area contributed by atoms with Gasteiger partial charge in [0.05, 0.1) is 6.54 Å². The van der Waals surface area contributed by atoms with E-state index < -0.39 is 0 Å². The molecule has 0 bridgehead atoms. The number of hydrogen-bond acceptors (Lipinski definition) is 3. The van der Waals surface area contributed by atoms with Crippen LogP contribution >= 0.6 is 0 Å². The van der Waals surface area contributed by atoms with Gasteiger partial charge in [-0.25, -0.2) is 0 Å². The van der Waals surface area contributed by atoms with Crippen molar-refractivity contribution in [1.29, 1.82) is 0 Å². The molecular formula is C15H25N3O. The summed E-state index contributed by atoms with van der Waals surface area (Å²) in [6.07, 6.45) is 0. The number of anilines is 1. The number of nitrogens with one attached hydrogen (secondary N) is 2. The van der Waals surface area contributed by atoms with Gasteiger partial charge in [-0.2, -0.15) is 0 Å². The van der Waals surface area contributed by atoms with E-state index in [1.165, 1.54) is 5.56 Å². The van der Waals surface area contributed by atoms with Crippen LogP contribution in [0.2, 0.25) is 0 Å². The third kappa shape index (κ3) is 5.85. The van der Waals surface area contributed by atoms with E-state index >= 15 is 0 Å². The Morgan fingerprint density at radius 2 is 1.95 bits per heavy atom. The molecule has 1 aromatic carbocycles. The van der Waals surface area contributed by atoms with Crippen LogP contribution in [0.15, 0.2) is 24.3 Å². The number of carbonyl (C=O) groups excluding carboxylic acids is 1. The van der Waals surface area contributed by atoms with E-state index in [1.807, 2.05) is 32.3 Å². The van der Waals surface area contributed by atoms with Crippen molar-refractivity contribution in [2.45, 2.75) is 19.8 Å². The summed E-state index contributed by atoms with van der Waals surface area (Å²) in [5, 5.41) is 6.10. The quantitative estimate of drug-likeness (QED) is 0.739. The molecule has 1 amide bonds. The summed E-state index contributed by atoms with van der Waals surface area (Å²) in [6, 6.07) is 7.95. The molecule has 0 saturated heterocycles. The molecule has 1 aromatic rings. The van der Waals surface area contributed by atoms with Crippen molar-refractivity contribution in [2.24, 2.45) is 0 Å². The Bertz CT molecular complexity index is 402. The molecule has 4 nitrogen and oxygen atoms in total. The van der Waals surface area contributed by atoms with Gasteiger partial charge in [-0.1, -0.05) is 32.0 Å². The van der Waals surface area contributed by atoms with Crippen LogP contribution in [0.4, 0.5) is 5.69 Å². The van der Waals surface area contributed by atoms with Crippen LogP contribution in [0, 0.1) is 0 Å². The third-order valence-electron chi connectivity index (χ3n) is 2.88. The zero-order chi connectivity index (χ0) is 14.3. The van der Waals surface area contributed by atoms with Gasteiger partial charge in [-0.3, -0.25) is 4.79 Å². The third-order valence-corrected chi connectivity index (χ3v) is 2.88. The van der Waals surface area contributed by atoms with E-state index in [4.69, 9.17) is 0 Å². The number of nitrogens with zero attached hydrogens (tertiary/aromatic N) is 1. The number of rotatable bonds is 7. The fourth-order valence-corrected chi connectivity index (χ4v) is 1.81. The first-order valence-corrected chi connectivity index (χ1v) is 6.75. The first-order chi connectivity index (χ1) is 9.00. The summed E-state index contributed by atoms with van der Waals surface area (Å²) in [7, 11) is 4.03. The van der Waals surface area contributed by atoms with Crippen LogP contribution in [0.5, 0.6) is 0 Å². The van der Waals surface area contributed by atoms with Crippen molar-refractivity contribution < 1.29 is 4.79 Å². The van der Waals surface area contributed by atoms with Gasteiger partial charge >= 0.3 is 0 Å². The van der Waals surface area contributed by atoms with E-state index in [2.05, 4.69) is 35.4 Å². The summed E-state index contributed by atoms with van der Waals surface area (Å²) in [4.78, 5) is 13.9. The molecule has 0 aliphatic rings. The van der Waals surface area contributed by atoms with Crippen molar-refractivity contribution in [3.05, 3.63) is 29.8 Å². The maximum Gasteiger partial charge on any atom is 0.238 e. The van der Waals surface area contributed by atoms with E-state index in [0.717, 1.165) is 18.8 Å². The summed E-state index contributed by atoms with van der Waals surface area (Å²) < 4.78 is 0. The van der Waals surface area contributed by atoms with Crippen LogP contribution in [-0.2, 0) is 4.79 Å². The van der Waals surface area contributed by atoms with Crippen molar-refractivity contribution in [1.82, 2.24) is 10.2 Å². The van der Waals surface area contributed by atoms with Crippen molar-refractivity contribution >= 4 is 11.6 Å². The van der Waals surface area contributed by atoms with Gasteiger partial charge in [-0.05, 0) is 31.6 Å².